The topological polar surface area (TPSA) is 87.7 Å². The van der Waals surface area contributed by atoms with Crippen LogP contribution in [-0.4, -0.2) is 36.0 Å². The van der Waals surface area contributed by atoms with Gasteiger partial charge in [0.25, 0.3) is 0 Å². The molecule has 2 aromatic rings. The van der Waals surface area contributed by atoms with Gasteiger partial charge in [0.05, 0.1) is 36.9 Å². The fourth-order valence-electron chi connectivity index (χ4n) is 2.47. The molecule has 138 valence electrons. The third kappa shape index (κ3) is 4.60. The Morgan fingerprint density at radius 1 is 1.35 bits per heavy atom. The van der Waals surface area contributed by atoms with E-state index in [1.54, 1.807) is 20.2 Å². The molecular weight excluding hydrogens is 352 g/mol. The average molecular weight is 374 g/mol. The number of esters is 1. The third-order valence-electron chi connectivity index (χ3n) is 3.67. The van der Waals surface area contributed by atoms with E-state index in [2.05, 4.69) is 20.8 Å². The van der Waals surface area contributed by atoms with Crippen LogP contribution >= 0.6 is 12.2 Å². The zero-order chi connectivity index (χ0) is 19.1. The SMILES string of the molecule is CCOC(=O)c1c(C)[nH]c(/C=N/NC(=S)Nc2ccccc2OC)c1C. The summed E-state index contributed by atoms with van der Waals surface area (Å²) in [5.41, 5.74) is 6.22. The lowest BCUT2D eigenvalue weighted by Crippen LogP contribution is -2.24. The lowest BCUT2D eigenvalue weighted by Gasteiger charge is -2.10. The highest BCUT2D eigenvalue weighted by molar-refractivity contribution is 7.80. The van der Waals surface area contributed by atoms with E-state index in [1.807, 2.05) is 38.1 Å². The molecule has 0 radical (unpaired) electrons. The van der Waals surface area contributed by atoms with Gasteiger partial charge >= 0.3 is 5.97 Å². The summed E-state index contributed by atoms with van der Waals surface area (Å²) in [5, 5.41) is 7.44. The van der Waals surface area contributed by atoms with Crippen LogP contribution in [0.1, 0.15) is 34.2 Å². The van der Waals surface area contributed by atoms with E-state index in [-0.39, 0.29) is 5.97 Å². The quantitative estimate of drug-likeness (QED) is 0.312. The second-order valence-corrected chi connectivity index (χ2v) is 5.82. The number of hydrogen-bond donors (Lipinski definition) is 3. The summed E-state index contributed by atoms with van der Waals surface area (Å²) in [4.78, 5) is 15.1. The molecule has 0 fully saturated rings. The van der Waals surface area contributed by atoms with Crippen LogP contribution in [0.5, 0.6) is 5.75 Å². The van der Waals surface area contributed by atoms with Gasteiger partial charge in [-0.15, -0.1) is 0 Å². The number of rotatable bonds is 6. The summed E-state index contributed by atoms with van der Waals surface area (Å²) in [5.74, 6) is 0.329. The number of hydrogen-bond acceptors (Lipinski definition) is 5. The average Bonchev–Trinajstić information content (AvgIpc) is 2.89. The largest absolute Gasteiger partial charge is 0.495 e. The number of H-pyrrole nitrogens is 1. The Hall–Kier alpha value is -2.87. The van der Waals surface area contributed by atoms with E-state index >= 15 is 0 Å². The van der Waals surface area contributed by atoms with Gasteiger partial charge in [-0.3, -0.25) is 5.43 Å². The summed E-state index contributed by atoms with van der Waals surface area (Å²) in [6.45, 7) is 5.76. The van der Waals surface area contributed by atoms with Crippen molar-refractivity contribution in [3.63, 3.8) is 0 Å². The van der Waals surface area contributed by atoms with Crippen molar-refractivity contribution in [2.45, 2.75) is 20.8 Å². The predicted octanol–water partition coefficient (Wildman–Crippen LogP) is 3.14. The van der Waals surface area contributed by atoms with Crippen LogP contribution in [-0.2, 0) is 4.74 Å². The number of carbonyl (C=O) groups is 1. The summed E-state index contributed by atoms with van der Waals surface area (Å²) in [6, 6.07) is 7.42. The number of carbonyl (C=O) groups excluding carboxylic acids is 1. The molecule has 8 heteroatoms. The molecule has 1 aromatic heterocycles. The molecule has 0 unspecified atom stereocenters. The van der Waals surface area contributed by atoms with Gasteiger partial charge in [0, 0.05) is 5.69 Å². The van der Waals surface area contributed by atoms with E-state index in [0.29, 0.717) is 28.7 Å². The first kappa shape index (κ1) is 19.5. The maximum atomic E-state index is 12.0. The third-order valence-corrected chi connectivity index (χ3v) is 3.86. The van der Waals surface area contributed by atoms with Crippen molar-refractivity contribution in [1.29, 1.82) is 0 Å². The molecule has 1 aromatic carbocycles. The zero-order valence-electron chi connectivity index (χ0n) is 15.2. The molecular formula is C18H22N4O3S. The first-order valence-corrected chi connectivity index (χ1v) is 8.48. The fourth-order valence-corrected chi connectivity index (χ4v) is 2.63. The summed E-state index contributed by atoms with van der Waals surface area (Å²) in [6.07, 6.45) is 1.57. The van der Waals surface area contributed by atoms with Crippen molar-refractivity contribution in [3.8, 4) is 5.75 Å². The number of aryl methyl sites for hydroxylation is 1. The molecule has 0 spiro atoms. The van der Waals surface area contributed by atoms with Crippen molar-refractivity contribution < 1.29 is 14.3 Å². The number of thiocarbonyl (C=S) groups is 1. The Labute approximate surface area is 157 Å². The first-order chi connectivity index (χ1) is 12.5. The van der Waals surface area contributed by atoms with Crippen molar-refractivity contribution in [3.05, 3.63) is 46.8 Å². The number of benzene rings is 1. The Morgan fingerprint density at radius 2 is 2.08 bits per heavy atom. The Morgan fingerprint density at radius 3 is 2.77 bits per heavy atom. The highest BCUT2D eigenvalue weighted by Gasteiger charge is 2.18. The molecule has 0 aliphatic heterocycles. The lowest BCUT2D eigenvalue weighted by atomic mass is 10.1. The van der Waals surface area contributed by atoms with E-state index in [4.69, 9.17) is 21.7 Å². The minimum Gasteiger partial charge on any atom is -0.495 e. The Balaban J connectivity index is 2.03. The van der Waals surface area contributed by atoms with E-state index in [0.717, 1.165) is 16.9 Å². The second-order valence-electron chi connectivity index (χ2n) is 5.41. The minimum atomic E-state index is -0.347. The van der Waals surface area contributed by atoms with Gasteiger partial charge in [-0.1, -0.05) is 12.1 Å². The van der Waals surface area contributed by atoms with Crippen molar-refractivity contribution in [1.82, 2.24) is 10.4 Å². The van der Waals surface area contributed by atoms with E-state index in [1.165, 1.54) is 0 Å². The summed E-state index contributed by atoms with van der Waals surface area (Å²) >= 11 is 5.22. The van der Waals surface area contributed by atoms with Gasteiger partial charge in [-0.25, -0.2) is 4.79 Å². The molecule has 0 amide bonds. The first-order valence-electron chi connectivity index (χ1n) is 8.07. The zero-order valence-corrected chi connectivity index (χ0v) is 16.0. The number of hydrazone groups is 1. The van der Waals surface area contributed by atoms with Gasteiger partial charge < -0.3 is 19.8 Å². The number of methoxy groups -OCH3 is 1. The summed E-state index contributed by atoms with van der Waals surface area (Å²) in [7, 11) is 1.59. The fraction of sp³-hybridized carbons (Fsp3) is 0.278. The maximum Gasteiger partial charge on any atom is 0.340 e. The van der Waals surface area contributed by atoms with Gasteiger partial charge in [-0.05, 0) is 50.7 Å². The van der Waals surface area contributed by atoms with Gasteiger partial charge in [0.1, 0.15) is 5.75 Å². The Bertz CT molecular complexity index is 830. The highest BCUT2D eigenvalue weighted by Crippen LogP contribution is 2.22. The van der Waals surface area contributed by atoms with Crippen molar-refractivity contribution in [2.75, 3.05) is 19.0 Å². The van der Waals surface area contributed by atoms with E-state index in [9.17, 15) is 4.79 Å². The maximum absolute atomic E-state index is 12.0. The van der Waals surface area contributed by atoms with Gasteiger partial charge in [0.2, 0.25) is 0 Å². The van der Waals surface area contributed by atoms with Crippen LogP contribution in [0, 0.1) is 13.8 Å². The molecule has 26 heavy (non-hydrogen) atoms. The molecule has 0 aliphatic rings. The molecule has 0 bridgehead atoms. The smallest absolute Gasteiger partial charge is 0.340 e. The Kier molecular flexibility index (Phi) is 6.74. The van der Waals surface area contributed by atoms with Crippen LogP contribution in [0.25, 0.3) is 0 Å². The van der Waals surface area contributed by atoms with Crippen LogP contribution in [0.2, 0.25) is 0 Å². The number of anilines is 1. The molecule has 7 nitrogen and oxygen atoms in total. The lowest BCUT2D eigenvalue weighted by molar-refractivity contribution is 0.0525. The van der Waals surface area contributed by atoms with Crippen LogP contribution in [0.15, 0.2) is 29.4 Å². The number of nitrogens with zero attached hydrogens (tertiary/aromatic N) is 1. The molecule has 0 saturated heterocycles. The number of para-hydroxylation sites is 2. The van der Waals surface area contributed by atoms with Gasteiger partial charge in [-0.2, -0.15) is 5.10 Å². The van der Waals surface area contributed by atoms with Gasteiger partial charge in [0.15, 0.2) is 5.11 Å². The molecule has 1 heterocycles. The number of aromatic nitrogens is 1. The van der Waals surface area contributed by atoms with Crippen LogP contribution in [0.4, 0.5) is 5.69 Å². The molecule has 0 aliphatic carbocycles. The molecule has 0 atom stereocenters. The van der Waals surface area contributed by atoms with Crippen molar-refractivity contribution >= 4 is 35.2 Å². The number of nitrogens with one attached hydrogen (secondary N) is 3. The molecule has 3 N–H and O–H groups in total. The standard InChI is InChI=1S/C18H22N4O3S/c1-5-25-17(23)16-11(2)14(20-12(16)3)10-19-22-18(26)21-13-8-6-7-9-15(13)24-4/h6-10,20H,5H2,1-4H3,(H2,21,22,26)/b19-10+. The van der Waals surface area contributed by atoms with Crippen LogP contribution in [0.3, 0.4) is 0 Å². The molecule has 2 rings (SSSR count). The minimum absolute atomic E-state index is 0.317. The number of ether oxygens (including phenoxy) is 2. The normalized spacial score (nSPS) is 10.6. The second kappa shape index (κ2) is 9.00. The summed E-state index contributed by atoms with van der Waals surface area (Å²) < 4.78 is 10.3. The number of aromatic amines is 1. The van der Waals surface area contributed by atoms with E-state index < -0.39 is 0 Å². The van der Waals surface area contributed by atoms with Crippen LogP contribution < -0.4 is 15.5 Å². The monoisotopic (exact) mass is 374 g/mol. The highest BCUT2D eigenvalue weighted by atomic mass is 32.1. The predicted molar refractivity (Wildman–Crippen MR) is 106 cm³/mol. The van der Waals surface area contributed by atoms with Crippen molar-refractivity contribution in [2.24, 2.45) is 5.10 Å². The molecule has 0 saturated carbocycles.